The summed E-state index contributed by atoms with van der Waals surface area (Å²) in [7, 11) is 0. The van der Waals surface area contributed by atoms with Crippen molar-refractivity contribution >= 4 is 0 Å². The lowest BCUT2D eigenvalue weighted by Crippen LogP contribution is -2.07. The molecular formula is C10H6F4N2. The minimum Gasteiger partial charge on any atom is -0.240 e. The SMILES string of the molecule is Fc1ccc(-n2ccc(C(F)(F)F)n2)cc1. The molecule has 0 aliphatic carbocycles. The van der Waals surface area contributed by atoms with Crippen molar-refractivity contribution in [2.45, 2.75) is 6.18 Å². The molecular weight excluding hydrogens is 224 g/mol. The lowest BCUT2D eigenvalue weighted by Gasteiger charge is -2.02. The highest BCUT2D eigenvalue weighted by molar-refractivity contribution is 5.31. The highest BCUT2D eigenvalue weighted by atomic mass is 19.4. The molecule has 1 heterocycles. The van der Waals surface area contributed by atoms with E-state index in [-0.39, 0.29) is 0 Å². The van der Waals surface area contributed by atoms with E-state index in [9.17, 15) is 17.6 Å². The fourth-order valence-electron chi connectivity index (χ4n) is 1.21. The van der Waals surface area contributed by atoms with E-state index in [1.54, 1.807) is 0 Å². The summed E-state index contributed by atoms with van der Waals surface area (Å²) in [6, 6.07) is 5.88. The Kier molecular flexibility index (Phi) is 2.41. The van der Waals surface area contributed by atoms with Gasteiger partial charge in [0.15, 0.2) is 5.69 Å². The van der Waals surface area contributed by atoms with E-state index in [4.69, 9.17) is 0 Å². The van der Waals surface area contributed by atoms with E-state index in [0.717, 1.165) is 22.9 Å². The number of benzene rings is 1. The van der Waals surface area contributed by atoms with Gasteiger partial charge in [-0.1, -0.05) is 0 Å². The fourth-order valence-corrected chi connectivity index (χ4v) is 1.21. The first-order valence-corrected chi connectivity index (χ1v) is 4.35. The van der Waals surface area contributed by atoms with Gasteiger partial charge in [-0.3, -0.25) is 0 Å². The van der Waals surface area contributed by atoms with Crippen LogP contribution in [0.2, 0.25) is 0 Å². The highest BCUT2D eigenvalue weighted by Gasteiger charge is 2.33. The number of rotatable bonds is 1. The Morgan fingerprint density at radius 3 is 2.12 bits per heavy atom. The van der Waals surface area contributed by atoms with Gasteiger partial charge in [-0.15, -0.1) is 0 Å². The van der Waals surface area contributed by atoms with Crippen LogP contribution in [0, 0.1) is 5.82 Å². The molecule has 1 aromatic heterocycles. The van der Waals surface area contributed by atoms with Crippen LogP contribution in [0.15, 0.2) is 36.5 Å². The number of hydrogen-bond acceptors (Lipinski definition) is 1. The van der Waals surface area contributed by atoms with Gasteiger partial charge < -0.3 is 0 Å². The van der Waals surface area contributed by atoms with Crippen molar-refractivity contribution in [3.05, 3.63) is 48.0 Å². The smallest absolute Gasteiger partial charge is 0.240 e. The van der Waals surface area contributed by atoms with E-state index < -0.39 is 17.7 Å². The van der Waals surface area contributed by atoms with Crippen LogP contribution < -0.4 is 0 Å². The van der Waals surface area contributed by atoms with Crippen LogP contribution in [0.5, 0.6) is 0 Å². The van der Waals surface area contributed by atoms with Crippen molar-refractivity contribution < 1.29 is 17.6 Å². The van der Waals surface area contributed by atoms with Crippen molar-refractivity contribution in [3.8, 4) is 5.69 Å². The second-order valence-electron chi connectivity index (χ2n) is 3.12. The van der Waals surface area contributed by atoms with E-state index in [1.165, 1.54) is 18.3 Å². The molecule has 2 rings (SSSR count). The maximum atomic E-state index is 12.6. The molecule has 0 amide bonds. The Morgan fingerprint density at radius 1 is 1.00 bits per heavy atom. The van der Waals surface area contributed by atoms with Gasteiger partial charge in [0.25, 0.3) is 0 Å². The van der Waals surface area contributed by atoms with Gasteiger partial charge >= 0.3 is 6.18 Å². The summed E-state index contributed by atoms with van der Waals surface area (Å²) in [5.41, 5.74) is -0.603. The molecule has 0 N–H and O–H groups in total. The predicted octanol–water partition coefficient (Wildman–Crippen LogP) is 3.03. The number of hydrogen-bond donors (Lipinski definition) is 0. The number of nitrogens with zero attached hydrogens (tertiary/aromatic N) is 2. The van der Waals surface area contributed by atoms with Crippen molar-refractivity contribution in [1.29, 1.82) is 0 Å². The Morgan fingerprint density at radius 2 is 1.62 bits per heavy atom. The molecule has 0 unspecified atom stereocenters. The minimum absolute atomic E-state index is 0.372. The van der Waals surface area contributed by atoms with Gasteiger partial charge in [0.1, 0.15) is 5.82 Å². The van der Waals surface area contributed by atoms with Crippen LogP contribution in [0.4, 0.5) is 17.6 Å². The van der Waals surface area contributed by atoms with Gasteiger partial charge in [-0.2, -0.15) is 18.3 Å². The normalized spacial score (nSPS) is 11.8. The molecule has 0 bridgehead atoms. The first-order valence-electron chi connectivity index (χ1n) is 4.35. The van der Waals surface area contributed by atoms with E-state index in [2.05, 4.69) is 5.10 Å². The Balaban J connectivity index is 2.35. The number of alkyl halides is 3. The third-order valence-electron chi connectivity index (χ3n) is 1.97. The van der Waals surface area contributed by atoms with Gasteiger partial charge in [-0.05, 0) is 30.3 Å². The first kappa shape index (κ1) is 10.7. The first-order chi connectivity index (χ1) is 7.47. The van der Waals surface area contributed by atoms with Crippen molar-refractivity contribution in [2.75, 3.05) is 0 Å². The fraction of sp³-hybridized carbons (Fsp3) is 0.100. The standard InChI is InChI=1S/C10H6F4N2/c11-7-1-3-8(4-2-7)16-6-5-9(15-16)10(12,13)14/h1-6H. The summed E-state index contributed by atoms with van der Waals surface area (Å²) < 4.78 is 50.4. The molecule has 0 saturated heterocycles. The Hall–Kier alpha value is -1.85. The van der Waals surface area contributed by atoms with E-state index in [1.807, 2.05) is 0 Å². The molecule has 0 aliphatic heterocycles. The molecule has 6 heteroatoms. The van der Waals surface area contributed by atoms with Crippen LogP contribution >= 0.6 is 0 Å². The summed E-state index contributed by atoms with van der Waals surface area (Å²) in [6.45, 7) is 0. The topological polar surface area (TPSA) is 17.8 Å². The zero-order valence-corrected chi connectivity index (χ0v) is 7.87. The Bertz CT molecular complexity index is 484. The van der Waals surface area contributed by atoms with Crippen LogP contribution in [-0.4, -0.2) is 9.78 Å². The largest absolute Gasteiger partial charge is 0.435 e. The van der Waals surface area contributed by atoms with Crippen LogP contribution in [-0.2, 0) is 6.18 Å². The van der Waals surface area contributed by atoms with E-state index in [0.29, 0.717) is 5.69 Å². The third kappa shape index (κ3) is 2.05. The van der Waals surface area contributed by atoms with Crippen molar-refractivity contribution in [2.24, 2.45) is 0 Å². The quantitative estimate of drug-likeness (QED) is 0.688. The molecule has 2 aromatic rings. The van der Waals surface area contributed by atoms with E-state index >= 15 is 0 Å². The lowest BCUT2D eigenvalue weighted by molar-refractivity contribution is -0.141. The van der Waals surface area contributed by atoms with Gasteiger partial charge in [0.2, 0.25) is 0 Å². The highest BCUT2D eigenvalue weighted by Crippen LogP contribution is 2.27. The molecule has 0 saturated carbocycles. The summed E-state index contributed by atoms with van der Waals surface area (Å²) >= 11 is 0. The molecule has 0 radical (unpaired) electrons. The maximum absolute atomic E-state index is 12.6. The lowest BCUT2D eigenvalue weighted by atomic mass is 10.3. The molecule has 0 fully saturated rings. The van der Waals surface area contributed by atoms with Gasteiger partial charge in [0.05, 0.1) is 5.69 Å². The predicted molar refractivity (Wildman–Crippen MR) is 48.5 cm³/mol. The molecule has 0 aliphatic rings. The van der Waals surface area contributed by atoms with Gasteiger partial charge in [-0.25, -0.2) is 9.07 Å². The third-order valence-corrected chi connectivity index (χ3v) is 1.97. The maximum Gasteiger partial charge on any atom is 0.435 e. The van der Waals surface area contributed by atoms with Crippen LogP contribution in [0.3, 0.4) is 0 Å². The number of aromatic nitrogens is 2. The zero-order chi connectivity index (χ0) is 11.8. The second-order valence-corrected chi connectivity index (χ2v) is 3.12. The zero-order valence-electron chi connectivity index (χ0n) is 7.87. The summed E-state index contributed by atoms with van der Waals surface area (Å²) in [5.74, 6) is -0.452. The second kappa shape index (κ2) is 3.62. The minimum atomic E-state index is -4.47. The molecule has 1 aromatic carbocycles. The van der Waals surface area contributed by atoms with Crippen LogP contribution in [0.1, 0.15) is 5.69 Å². The Labute approximate surface area is 88.1 Å². The number of halogens is 4. The van der Waals surface area contributed by atoms with Crippen LogP contribution in [0.25, 0.3) is 5.69 Å². The molecule has 2 nitrogen and oxygen atoms in total. The molecule has 0 spiro atoms. The average molecular weight is 230 g/mol. The molecule has 16 heavy (non-hydrogen) atoms. The molecule has 84 valence electrons. The monoisotopic (exact) mass is 230 g/mol. The van der Waals surface area contributed by atoms with Crippen molar-refractivity contribution in [3.63, 3.8) is 0 Å². The summed E-state index contributed by atoms with van der Waals surface area (Å²) in [5, 5.41) is 3.35. The molecule has 0 atom stereocenters. The summed E-state index contributed by atoms with van der Waals surface area (Å²) in [4.78, 5) is 0. The van der Waals surface area contributed by atoms with Crippen molar-refractivity contribution in [1.82, 2.24) is 9.78 Å². The summed E-state index contributed by atoms with van der Waals surface area (Å²) in [6.07, 6.45) is -3.29. The van der Waals surface area contributed by atoms with Gasteiger partial charge in [0, 0.05) is 6.20 Å². The average Bonchev–Trinajstić information content (AvgIpc) is 2.67.